The third kappa shape index (κ3) is 4.01. The highest BCUT2D eigenvalue weighted by molar-refractivity contribution is 5.92. The first kappa shape index (κ1) is 18.4. The third-order valence-electron chi connectivity index (χ3n) is 4.83. The molecule has 0 bridgehead atoms. The predicted molar refractivity (Wildman–Crippen MR) is 110 cm³/mol. The zero-order valence-electron chi connectivity index (χ0n) is 16.3. The molecule has 7 heteroatoms. The van der Waals surface area contributed by atoms with Gasteiger partial charge in [-0.15, -0.1) is 5.10 Å². The van der Waals surface area contributed by atoms with Crippen molar-refractivity contribution in [2.45, 2.75) is 19.9 Å². The average molecular weight is 384 g/mol. The number of hydrogen-bond acceptors (Lipinski definition) is 4. The molecule has 2 heterocycles. The maximum Gasteiger partial charge on any atom is 0.230 e. The zero-order chi connectivity index (χ0) is 20.4. The number of aromatic nitrogens is 4. The predicted octanol–water partition coefficient (Wildman–Crippen LogP) is 3.18. The maximum absolute atomic E-state index is 12.4. The van der Waals surface area contributed by atoms with Crippen molar-refractivity contribution in [3.05, 3.63) is 77.1 Å². The summed E-state index contributed by atoms with van der Waals surface area (Å²) < 4.78 is 2.07. The number of fused-ring (bicyclic) bond motifs is 1. The smallest absolute Gasteiger partial charge is 0.230 e. The van der Waals surface area contributed by atoms with Crippen molar-refractivity contribution >= 4 is 22.6 Å². The van der Waals surface area contributed by atoms with Gasteiger partial charge in [-0.1, -0.05) is 24.3 Å². The Kier molecular flexibility index (Phi) is 4.83. The fourth-order valence-corrected chi connectivity index (χ4v) is 3.39. The molecular formula is C22H20N6O. The van der Waals surface area contributed by atoms with Crippen molar-refractivity contribution in [1.82, 2.24) is 19.6 Å². The van der Waals surface area contributed by atoms with E-state index in [0.717, 1.165) is 16.6 Å². The summed E-state index contributed by atoms with van der Waals surface area (Å²) in [6.07, 6.45) is 3.88. The van der Waals surface area contributed by atoms with Crippen LogP contribution in [0, 0.1) is 18.3 Å². The standard InChI is InChI=1S/C22H20N6O/c1-15-13-27(2)20-9-18(7-8-19(15)20)10-22(29)25-21-12-24-28(26-21)14-17-5-3-16(11-23)4-6-17/h3-9,12-13H,10,14H2,1-2H3,(H,25,26,29). The number of carbonyl (C=O) groups excluding carboxylic acids is 1. The van der Waals surface area contributed by atoms with E-state index < -0.39 is 0 Å². The molecule has 0 unspecified atom stereocenters. The summed E-state index contributed by atoms with van der Waals surface area (Å²) in [5, 5.41) is 21.3. The molecule has 0 aliphatic rings. The Hall–Kier alpha value is -3.92. The highest BCUT2D eigenvalue weighted by Gasteiger charge is 2.10. The number of aryl methyl sites for hydroxylation is 2. The Balaban J connectivity index is 1.40. The number of rotatable bonds is 5. The van der Waals surface area contributed by atoms with E-state index in [1.54, 1.807) is 12.1 Å². The normalized spacial score (nSPS) is 10.8. The van der Waals surface area contributed by atoms with Gasteiger partial charge in [-0.05, 0) is 41.8 Å². The lowest BCUT2D eigenvalue weighted by atomic mass is 10.1. The molecule has 0 saturated carbocycles. The van der Waals surface area contributed by atoms with Gasteiger partial charge in [0, 0.05) is 24.1 Å². The molecule has 0 aliphatic carbocycles. The van der Waals surface area contributed by atoms with E-state index in [1.165, 1.54) is 21.9 Å². The van der Waals surface area contributed by atoms with Crippen molar-refractivity contribution in [3.8, 4) is 6.07 Å². The largest absolute Gasteiger partial charge is 0.350 e. The van der Waals surface area contributed by atoms with Gasteiger partial charge in [0.05, 0.1) is 30.8 Å². The van der Waals surface area contributed by atoms with Crippen LogP contribution in [0.4, 0.5) is 5.82 Å². The number of carbonyl (C=O) groups is 1. The molecule has 0 atom stereocenters. The highest BCUT2D eigenvalue weighted by atomic mass is 16.1. The molecular weight excluding hydrogens is 364 g/mol. The van der Waals surface area contributed by atoms with Crippen LogP contribution in [-0.2, 0) is 24.8 Å². The minimum Gasteiger partial charge on any atom is -0.350 e. The Morgan fingerprint density at radius 2 is 1.93 bits per heavy atom. The van der Waals surface area contributed by atoms with Gasteiger partial charge in [0.15, 0.2) is 5.82 Å². The van der Waals surface area contributed by atoms with Gasteiger partial charge in [0.1, 0.15) is 0 Å². The first-order valence-corrected chi connectivity index (χ1v) is 9.25. The fraction of sp³-hybridized carbons (Fsp3) is 0.182. The molecule has 29 heavy (non-hydrogen) atoms. The number of nitrogens with one attached hydrogen (secondary N) is 1. The molecule has 0 spiro atoms. The van der Waals surface area contributed by atoms with Crippen LogP contribution in [0.1, 0.15) is 22.3 Å². The summed E-state index contributed by atoms with van der Waals surface area (Å²) in [6.45, 7) is 2.54. The molecule has 2 aromatic carbocycles. The van der Waals surface area contributed by atoms with E-state index >= 15 is 0 Å². The van der Waals surface area contributed by atoms with Crippen molar-refractivity contribution in [1.29, 1.82) is 5.26 Å². The summed E-state index contributed by atoms with van der Waals surface area (Å²) in [5.74, 6) is 0.278. The number of amides is 1. The number of nitrogens with zero attached hydrogens (tertiary/aromatic N) is 5. The van der Waals surface area contributed by atoms with Crippen LogP contribution in [0.3, 0.4) is 0 Å². The van der Waals surface area contributed by atoms with Gasteiger partial charge in [-0.3, -0.25) is 4.79 Å². The van der Waals surface area contributed by atoms with E-state index in [2.05, 4.69) is 45.3 Å². The van der Waals surface area contributed by atoms with Crippen LogP contribution in [0.15, 0.2) is 54.9 Å². The van der Waals surface area contributed by atoms with E-state index in [0.29, 0.717) is 17.9 Å². The maximum atomic E-state index is 12.4. The molecule has 7 nitrogen and oxygen atoms in total. The van der Waals surface area contributed by atoms with E-state index in [-0.39, 0.29) is 12.3 Å². The monoisotopic (exact) mass is 384 g/mol. The van der Waals surface area contributed by atoms with Gasteiger partial charge in [-0.2, -0.15) is 15.2 Å². The molecule has 0 radical (unpaired) electrons. The average Bonchev–Trinajstić information content (AvgIpc) is 3.26. The highest BCUT2D eigenvalue weighted by Crippen LogP contribution is 2.21. The molecule has 0 aliphatic heterocycles. The van der Waals surface area contributed by atoms with E-state index in [9.17, 15) is 4.79 Å². The molecule has 0 saturated heterocycles. The first-order valence-electron chi connectivity index (χ1n) is 9.25. The molecule has 4 rings (SSSR count). The van der Waals surface area contributed by atoms with Gasteiger partial charge in [-0.25, -0.2) is 0 Å². The van der Waals surface area contributed by atoms with Crippen LogP contribution >= 0.6 is 0 Å². The molecule has 144 valence electrons. The van der Waals surface area contributed by atoms with Crippen molar-refractivity contribution in [2.24, 2.45) is 7.05 Å². The summed E-state index contributed by atoms with van der Waals surface area (Å²) in [5.41, 5.74) is 4.86. The molecule has 0 fully saturated rings. The van der Waals surface area contributed by atoms with Gasteiger partial charge in [0.2, 0.25) is 5.91 Å². The summed E-state index contributed by atoms with van der Waals surface area (Å²) >= 11 is 0. The number of hydrogen-bond donors (Lipinski definition) is 1. The van der Waals surface area contributed by atoms with Gasteiger partial charge >= 0.3 is 0 Å². The second kappa shape index (κ2) is 7.60. The SMILES string of the molecule is Cc1cn(C)c2cc(CC(=O)Nc3cnn(Cc4ccc(C#N)cc4)n3)ccc12. The Morgan fingerprint density at radius 1 is 1.17 bits per heavy atom. The van der Waals surface area contributed by atoms with Crippen molar-refractivity contribution in [3.63, 3.8) is 0 Å². The van der Waals surface area contributed by atoms with Crippen LogP contribution in [0.2, 0.25) is 0 Å². The third-order valence-corrected chi connectivity index (χ3v) is 4.83. The lowest BCUT2D eigenvalue weighted by Crippen LogP contribution is -2.15. The van der Waals surface area contributed by atoms with Gasteiger partial charge < -0.3 is 9.88 Å². The molecule has 1 N–H and O–H groups in total. The topological polar surface area (TPSA) is 88.5 Å². The quantitative estimate of drug-likeness (QED) is 0.572. The molecule has 1 amide bonds. The first-order chi connectivity index (χ1) is 14.0. The Bertz CT molecular complexity index is 1230. The van der Waals surface area contributed by atoms with E-state index in [1.807, 2.05) is 31.3 Å². The summed E-state index contributed by atoms with van der Waals surface area (Å²) in [6, 6.07) is 15.4. The lowest BCUT2D eigenvalue weighted by molar-refractivity contribution is -0.115. The van der Waals surface area contributed by atoms with Crippen LogP contribution < -0.4 is 5.32 Å². The second-order valence-corrected chi connectivity index (χ2v) is 7.07. The minimum absolute atomic E-state index is 0.138. The Labute approximate surface area is 168 Å². The number of anilines is 1. The Morgan fingerprint density at radius 3 is 2.69 bits per heavy atom. The van der Waals surface area contributed by atoms with Crippen LogP contribution in [-0.4, -0.2) is 25.5 Å². The van der Waals surface area contributed by atoms with Crippen LogP contribution in [0.25, 0.3) is 10.9 Å². The van der Waals surface area contributed by atoms with Crippen molar-refractivity contribution in [2.75, 3.05) is 5.32 Å². The summed E-state index contributed by atoms with van der Waals surface area (Å²) in [7, 11) is 2.01. The number of nitriles is 1. The van der Waals surface area contributed by atoms with Crippen molar-refractivity contribution < 1.29 is 4.79 Å². The van der Waals surface area contributed by atoms with Crippen LogP contribution in [0.5, 0.6) is 0 Å². The number of benzene rings is 2. The zero-order valence-corrected chi connectivity index (χ0v) is 16.3. The summed E-state index contributed by atoms with van der Waals surface area (Å²) in [4.78, 5) is 13.9. The second-order valence-electron chi connectivity index (χ2n) is 7.07. The lowest BCUT2D eigenvalue weighted by Gasteiger charge is -2.04. The van der Waals surface area contributed by atoms with E-state index in [4.69, 9.17) is 5.26 Å². The minimum atomic E-state index is -0.138. The fourth-order valence-electron chi connectivity index (χ4n) is 3.39. The molecule has 2 aromatic heterocycles. The van der Waals surface area contributed by atoms with Gasteiger partial charge in [0.25, 0.3) is 0 Å². The molecule has 4 aromatic rings.